The van der Waals surface area contributed by atoms with Crippen molar-refractivity contribution in [2.24, 2.45) is 15.0 Å². The molecule has 0 aliphatic carbocycles. The molecular weight excluding hydrogens is 218 g/mol. The number of fused-ring (bicyclic) bond motifs is 1. The van der Waals surface area contributed by atoms with Crippen molar-refractivity contribution in [2.75, 3.05) is 20.3 Å². The number of hydrogen-bond acceptors (Lipinski definition) is 3. The molecule has 2 rings (SSSR count). The molecule has 0 aromatic heterocycles. The van der Waals surface area contributed by atoms with Crippen LogP contribution in [0.1, 0.15) is 6.42 Å². The van der Waals surface area contributed by atoms with Gasteiger partial charge in [0, 0.05) is 20.3 Å². The Bertz CT molecular complexity index is 563. The van der Waals surface area contributed by atoms with E-state index in [0.29, 0.717) is 23.9 Å². The van der Waals surface area contributed by atoms with Crippen LogP contribution in [-0.2, 0) is 9.53 Å². The monoisotopic (exact) mass is 231 g/mol. The molecule has 88 valence electrons. The Balaban J connectivity index is 2.22. The fourth-order valence-electron chi connectivity index (χ4n) is 1.47. The van der Waals surface area contributed by atoms with Crippen LogP contribution in [0, 0.1) is 0 Å². The van der Waals surface area contributed by atoms with Gasteiger partial charge in [-0.1, -0.05) is 12.1 Å². The Morgan fingerprint density at radius 2 is 1.94 bits per heavy atom. The number of carbonyl (C=O) groups excluding carboxylic acids is 1. The van der Waals surface area contributed by atoms with Gasteiger partial charge in [0.1, 0.15) is 0 Å². The van der Waals surface area contributed by atoms with Crippen molar-refractivity contribution in [1.82, 2.24) is 0 Å². The maximum absolute atomic E-state index is 11.6. The van der Waals surface area contributed by atoms with Gasteiger partial charge < -0.3 is 4.74 Å². The van der Waals surface area contributed by atoms with E-state index in [0.717, 1.165) is 6.42 Å². The Labute approximate surface area is 98.6 Å². The first kappa shape index (κ1) is 11.6. The molecule has 1 aromatic carbocycles. The lowest BCUT2D eigenvalue weighted by Crippen LogP contribution is -2.34. The molecular formula is C12H13N3O2. The minimum absolute atomic E-state index is 0.180. The maximum atomic E-state index is 11.6. The molecule has 0 atom stereocenters. The van der Waals surface area contributed by atoms with Gasteiger partial charge in [0.15, 0.2) is 0 Å². The minimum atomic E-state index is -0.374. The van der Waals surface area contributed by atoms with Crippen LogP contribution in [0.25, 0.3) is 0 Å². The standard InChI is InChI=1S/C12H13N3O2/c1-17-8-4-7-13-11-12(16)15-10-6-3-2-5-9(10)14-11/h2-3,5-6H,4,7-8H2,1H3. The first-order valence-corrected chi connectivity index (χ1v) is 5.41. The summed E-state index contributed by atoms with van der Waals surface area (Å²) < 4.78 is 4.91. The third kappa shape index (κ3) is 2.82. The van der Waals surface area contributed by atoms with Crippen LogP contribution in [0.3, 0.4) is 0 Å². The Morgan fingerprint density at radius 1 is 1.24 bits per heavy atom. The number of ether oxygens (including phenoxy) is 1. The van der Waals surface area contributed by atoms with Gasteiger partial charge in [-0.15, -0.1) is 0 Å². The second kappa shape index (κ2) is 5.45. The highest BCUT2D eigenvalue weighted by atomic mass is 16.5. The third-order valence-corrected chi connectivity index (χ3v) is 2.29. The minimum Gasteiger partial charge on any atom is -0.385 e. The smallest absolute Gasteiger partial charge is 0.315 e. The van der Waals surface area contributed by atoms with E-state index in [9.17, 15) is 4.79 Å². The van der Waals surface area contributed by atoms with Crippen LogP contribution in [0.4, 0.5) is 0 Å². The molecule has 1 aliphatic heterocycles. The highest BCUT2D eigenvalue weighted by Gasteiger charge is 2.12. The number of amidine groups is 1. The van der Waals surface area contributed by atoms with E-state index in [1.165, 1.54) is 0 Å². The third-order valence-electron chi connectivity index (χ3n) is 2.29. The van der Waals surface area contributed by atoms with Gasteiger partial charge in [0.2, 0.25) is 5.84 Å². The number of methoxy groups -OCH3 is 1. The Hall–Kier alpha value is -1.88. The SMILES string of the molecule is COCCCN=C1N=c2ccccc2=NC1=O. The van der Waals surface area contributed by atoms with Gasteiger partial charge in [0.05, 0.1) is 10.7 Å². The summed E-state index contributed by atoms with van der Waals surface area (Å²) in [6.45, 7) is 1.15. The zero-order valence-corrected chi connectivity index (χ0v) is 9.59. The molecule has 1 heterocycles. The highest BCUT2D eigenvalue weighted by Crippen LogP contribution is 1.91. The maximum Gasteiger partial charge on any atom is 0.315 e. The van der Waals surface area contributed by atoms with E-state index in [2.05, 4.69) is 15.0 Å². The van der Waals surface area contributed by atoms with Gasteiger partial charge in [-0.25, -0.2) is 9.98 Å². The van der Waals surface area contributed by atoms with Crippen molar-refractivity contribution in [3.63, 3.8) is 0 Å². The van der Waals surface area contributed by atoms with Crippen molar-refractivity contribution in [3.05, 3.63) is 35.0 Å². The van der Waals surface area contributed by atoms with Crippen molar-refractivity contribution < 1.29 is 9.53 Å². The summed E-state index contributed by atoms with van der Waals surface area (Å²) in [5, 5.41) is 1.30. The van der Waals surface area contributed by atoms with Crippen molar-refractivity contribution in [2.45, 2.75) is 6.42 Å². The Morgan fingerprint density at radius 3 is 2.65 bits per heavy atom. The van der Waals surface area contributed by atoms with Crippen LogP contribution >= 0.6 is 0 Å². The molecule has 5 heteroatoms. The number of aliphatic imine (C=N–C) groups is 1. The zero-order valence-electron chi connectivity index (χ0n) is 9.59. The van der Waals surface area contributed by atoms with Crippen molar-refractivity contribution in [3.8, 4) is 0 Å². The molecule has 1 amide bonds. The average molecular weight is 231 g/mol. The molecule has 0 N–H and O–H groups in total. The molecule has 0 saturated heterocycles. The quantitative estimate of drug-likeness (QED) is 0.679. The summed E-state index contributed by atoms with van der Waals surface area (Å²) in [5.74, 6) is -0.194. The first-order chi connectivity index (χ1) is 8.31. The first-order valence-electron chi connectivity index (χ1n) is 5.41. The van der Waals surface area contributed by atoms with E-state index >= 15 is 0 Å². The normalized spacial score (nSPS) is 16.3. The molecule has 0 radical (unpaired) electrons. The van der Waals surface area contributed by atoms with E-state index < -0.39 is 0 Å². The van der Waals surface area contributed by atoms with E-state index in [-0.39, 0.29) is 11.7 Å². The Kier molecular flexibility index (Phi) is 3.72. The summed E-state index contributed by atoms with van der Waals surface area (Å²) in [5.41, 5.74) is 0. The summed E-state index contributed by atoms with van der Waals surface area (Å²) in [7, 11) is 1.63. The predicted octanol–water partition coefficient (Wildman–Crippen LogP) is -0.0990. The van der Waals surface area contributed by atoms with E-state index in [1.807, 2.05) is 18.2 Å². The fourth-order valence-corrected chi connectivity index (χ4v) is 1.47. The van der Waals surface area contributed by atoms with Crippen LogP contribution in [0.5, 0.6) is 0 Å². The molecule has 1 aliphatic rings. The van der Waals surface area contributed by atoms with Crippen LogP contribution in [0.15, 0.2) is 39.2 Å². The lowest BCUT2D eigenvalue weighted by molar-refractivity contribution is -0.112. The number of carbonyl (C=O) groups is 1. The van der Waals surface area contributed by atoms with Crippen LogP contribution in [0.2, 0.25) is 0 Å². The number of rotatable bonds is 4. The molecule has 0 saturated carbocycles. The van der Waals surface area contributed by atoms with E-state index in [4.69, 9.17) is 4.74 Å². The fraction of sp³-hybridized carbons (Fsp3) is 0.333. The molecule has 0 spiro atoms. The average Bonchev–Trinajstić information content (AvgIpc) is 2.35. The molecule has 0 unspecified atom stereocenters. The molecule has 5 nitrogen and oxygen atoms in total. The second-order valence-corrected chi connectivity index (χ2v) is 3.57. The topological polar surface area (TPSA) is 63.4 Å². The van der Waals surface area contributed by atoms with Gasteiger partial charge >= 0.3 is 5.91 Å². The second-order valence-electron chi connectivity index (χ2n) is 3.57. The van der Waals surface area contributed by atoms with Gasteiger partial charge in [-0.05, 0) is 18.6 Å². The number of nitrogens with zero attached hydrogens (tertiary/aromatic N) is 3. The number of hydrogen-bond donors (Lipinski definition) is 0. The summed E-state index contributed by atoms with van der Waals surface area (Å²) in [6, 6.07) is 7.26. The predicted molar refractivity (Wildman–Crippen MR) is 62.6 cm³/mol. The van der Waals surface area contributed by atoms with Crippen molar-refractivity contribution in [1.29, 1.82) is 0 Å². The van der Waals surface area contributed by atoms with Gasteiger partial charge in [0.25, 0.3) is 0 Å². The highest BCUT2D eigenvalue weighted by molar-refractivity contribution is 6.39. The summed E-state index contributed by atoms with van der Waals surface area (Å²) >= 11 is 0. The number of para-hydroxylation sites is 2. The zero-order chi connectivity index (χ0) is 12.1. The largest absolute Gasteiger partial charge is 0.385 e. The van der Waals surface area contributed by atoms with Crippen LogP contribution < -0.4 is 10.7 Å². The molecule has 0 bridgehead atoms. The lowest BCUT2D eigenvalue weighted by atomic mass is 10.3. The summed E-state index contributed by atoms with van der Waals surface area (Å²) in [4.78, 5) is 23.8. The molecule has 0 fully saturated rings. The number of benzene rings is 1. The molecule has 17 heavy (non-hydrogen) atoms. The summed E-state index contributed by atoms with van der Waals surface area (Å²) in [6.07, 6.45) is 0.768. The van der Waals surface area contributed by atoms with Gasteiger partial charge in [-0.3, -0.25) is 9.79 Å². The van der Waals surface area contributed by atoms with Crippen LogP contribution in [-0.4, -0.2) is 32.0 Å². The number of amides is 1. The lowest BCUT2D eigenvalue weighted by Gasteiger charge is -2.01. The molecule has 1 aromatic rings. The van der Waals surface area contributed by atoms with E-state index in [1.54, 1.807) is 13.2 Å². The van der Waals surface area contributed by atoms with Gasteiger partial charge in [-0.2, -0.15) is 0 Å². The van der Waals surface area contributed by atoms with Crippen molar-refractivity contribution >= 4 is 11.7 Å².